The molecule has 11 heteroatoms. The first-order chi connectivity index (χ1) is 16.7. The van der Waals surface area contributed by atoms with E-state index in [1.165, 1.54) is 30.2 Å². The number of methoxy groups -OCH3 is 1. The zero-order valence-corrected chi connectivity index (χ0v) is 23.0. The number of aryl methyl sites for hydroxylation is 2. The van der Waals surface area contributed by atoms with Gasteiger partial charge in [-0.3, -0.25) is 4.79 Å². The summed E-state index contributed by atoms with van der Waals surface area (Å²) in [6, 6.07) is 5.60. The molecule has 1 atom stereocenters. The monoisotopic (exact) mass is 536 g/mol. The molecule has 188 valence electrons. The Morgan fingerprint density at radius 2 is 2.00 bits per heavy atom. The molecule has 0 aliphatic heterocycles. The molecule has 3 rings (SSSR count). The number of carbonyl (C=O) groups excluding carboxylic acids is 2. The molecule has 8 nitrogen and oxygen atoms in total. The van der Waals surface area contributed by atoms with Gasteiger partial charge in [0.25, 0.3) is 0 Å². The Labute approximate surface area is 218 Å². The predicted molar refractivity (Wildman–Crippen MR) is 140 cm³/mol. The van der Waals surface area contributed by atoms with Gasteiger partial charge in [0.1, 0.15) is 10.8 Å². The van der Waals surface area contributed by atoms with Crippen LogP contribution in [0.4, 0.5) is 5.00 Å². The third-order valence-corrected chi connectivity index (χ3v) is 7.70. The Hall–Kier alpha value is -2.56. The molecular formula is C24H29ClN4O4S2. The summed E-state index contributed by atoms with van der Waals surface area (Å²) >= 11 is 8.92. The van der Waals surface area contributed by atoms with Gasteiger partial charge in [-0.05, 0) is 57.4 Å². The van der Waals surface area contributed by atoms with Crippen LogP contribution in [0.1, 0.15) is 59.1 Å². The van der Waals surface area contributed by atoms with Gasteiger partial charge in [-0.25, -0.2) is 4.79 Å². The van der Waals surface area contributed by atoms with Crippen LogP contribution in [0.5, 0.6) is 5.75 Å². The molecular weight excluding hydrogens is 508 g/mol. The Balaban J connectivity index is 1.70. The summed E-state index contributed by atoms with van der Waals surface area (Å²) in [5, 5.41) is 13.1. The van der Waals surface area contributed by atoms with E-state index in [2.05, 4.69) is 15.5 Å². The van der Waals surface area contributed by atoms with Gasteiger partial charge in [0, 0.05) is 11.4 Å². The van der Waals surface area contributed by atoms with Gasteiger partial charge in [0.05, 0.1) is 23.4 Å². The molecule has 2 aromatic heterocycles. The Morgan fingerprint density at radius 1 is 1.26 bits per heavy atom. The number of carbonyl (C=O) groups is 2. The highest BCUT2D eigenvalue weighted by Crippen LogP contribution is 2.34. The van der Waals surface area contributed by atoms with Gasteiger partial charge in [0.15, 0.2) is 17.1 Å². The zero-order valence-electron chi connectivity index (χ0n) is 20.6. The van der Waals surface area contributed by atoms with Gasteiger partial charge in [-0.1, -0.05) is 36.4 Å². The number of nitrogens with one attached hydrogen (secondary N) is 1. The topological polar surface area (TPSA) is 95.3 Å². The lowest BCUT2D eigenvalue weighted by molar-refractivity contribution is -0.113. The number of aromatic nitrogens is 3. The van der Waals surface area contributed by atoms with Crippen LogP contribution in [0.15, 0.2) is 23.4 Å². The average Bonchev–Trinajstić information content (AvgIpc) is 3.39. The largest absolute Gasteiger partial charge is 0.481 e. The van der Waals surface area contributed by atoms with E-state index in [4.69, 9.17) is 21.1 Å². The second kappa shape index (κ2) is 11.9. The zero-order chi connectivity index (χ0) is 25.7. The molecule has 1 N–H and O–H groups in total. The maximum absolute atomic E-state index is 12.7. The molecule has 0 fully saturated rings. The number of nitrogens with zero attached hydrogens (tertiary/aromatic N) is 3. The summed E-state index contributed by atoms with van der Waals surface area (Å²) in [4.78, 5) is 26.0. The number of thiophene rings is 1. The first-order valence-electron chi connectivity index (χ1n) is 11.2. The van der Waals surface area contributed by atoms with Crippen molar-refractivity contribution in [3.8, 4) is 5.75 Å². The summed E-state index contributed by atoms with van der Waals surface area (Å²) in [7, 11) is 1.34. The lowest BCUT2D eigenvalue weighted by Crippen LogP contribution is -2.17. The number of rotatable bonds is 10. The van der Waals surface area contributed by atoms with Crippen LogP contribution in [0, 0.1) is 13.8 Å². The van der Waals surface area contributed by atoms with Crippen LogP contribution in [-0.4, -0.2) is 39.5 Å². The van der Waals surface area contributed by atoms with Gasteiger partial charge in [0.2, 0.25) is 5.91 Å². The fraction of sp³-hybridized carbons (Fsp3) is 0.417. The molecule has 1 amide bonds. The van der Waals surface area contributed by atoms with Crippen molar-refractivity contribution in [1.29, 1.82) is 0 Å². The first-order valence-corrected chi connectivity index (χ1v) is 13.4. The van der Waals surface area contributed by atoms with E-state index in [9.17, 15) is 9.59 Å². The van der Waals surface area contributed by atoms with Crippen LogP contribution >= 0.6 is 34.7 Å². The molecule has 35 heavy (non-hydrogen) atoms. The third-order valence-electron chi connectivity index (χ3n) is 5.35. The molecule has 0 saturated carbocycles. The van der Waals surface area contributed by atoms with Crippen molar-refractivity contribution in [2.45, 2.75) is 58.8 Å². The minimum absolute atomic E-state index is 0.107. The summed E-state index contributed by atoms with van der Waals surface area (Å²) in [5.74, 6) is 0.634. The maximum Gasteiger partial charge on any atom is 0.341 e. The number of ether oxygens (including phenoxy) is 2. The van der Waals surface area contributed by atoms with E-state index in [0.29, 0.717) is 45.3 Å². The summed E-state index contributed by atoms with van der Waals surface area (Å²) in [6.07, 6.45) is 0.280. The maximum atomic E-state index is 12.7. The Bertz CT molecular complexity index is 1220. The summed E-state index contributed by atoms with van der Waals surface area (Å²) in [5.41, 5.74) is 2.36. The normalized spacial score (nSPS) is 11.9. The second-order valence-electron chi connectivity index (χ2n) is 7.80. The van der Waals surface area contributed by atoms with Crippen molar-refractivity contribution in [2.24, 2.45) is 0 Å². The van der Waals surface area contributed by atoms with Crippen LogP contribution in [0.2, 0.25) is 5.02 Å². The van der Waals surface area contributed by atoms with Gasteiger partial charge in [-0.2, -0.15) is 0 Å². The van der Waals surface area contributed by atoms with E-state index in [1.807, 2.05) is 51.3 Å². The predicted octanol–water partition coefficient (Wildman–Crippen LogP) is 5.85. The van der Waals surface area contributed by atoms with Crippen LogP contribution in [0.25, 0.3) is 0 Å². The van der Waals surface area contributed by atoms with E-state index >= 15 is 0 Å². The van der Waals surface area contributed by atoms with Crippen molar-refractivity contribution < 1.29 is 19.1 Å². The molecule has 0 spiro atoms. The highest BCUT2D eigenvalue weighted by Gasteiger charge is 2.24. The Morgan fingerprint density at radius 3 is 2.66 bits per heavy atom. The van der Waals surface area contributed by atoms with Gasteiger partial charge >= 0.3 is 5.97 Å². The fourth-order valence-corrected chi connectivity index (χ4v) is 5.77. The van der Waals surface area contributed by atoms with Crippen molar-refractivity contribution in [1.82, 2.24) is 14.8 Å². The standard InChI is InChI=1S/C24H29ClN4O4S2/c1-7-16-15(5)35-22(20(16)23(31)32-6)26-19(30)12-34-24-28-27-21(29(24)8-2)14(4)33-18-11-13(3)9-10-17(18)25/h9-11,14H,7-8,12H2,1-6H3,(H,26,30). The molecule has 0 radical (unpaired) electrons. The number of thioether (sulfide) groups is 1. The molecule has 1 unspecified atom stereocenters. The van der Waals surface area contributed by atoms with E-state index in [-0.39, 0.29) is 11.7 Å². The van der Waals surface area contributed by atoms with Crippen LogP contribution in [0.3, 0.4) is 0 Å². The van der Waals surface area contributed by atoms with E-state index in [0.717, 1.165) is 16.0 Å². The molecule has 3 aromatic rings. The highest BCUT2D eigenvalue weighted by atomic mass is 35.5. The van der Waals surface area contributed by atoms with Crippen molar-refractivity contribution >= 4 is 51.6 Å². The lowest BCUT2D eigenvalue weighted by Gasteiger charge is -2.16. The second-order valence-corrected chi connectivity index (χ2v) is 10.4. The minimum Gasteiger partial charge on any atom is -0.481 e. The summed E-state index contributed by atoms with van der Waals surface area (Å²) < 4.78 is 12.9. The van der Waals surface area contributed by atoms with E-state index in [1.54, 1.807) is 6.07 Å². The molecule has 0 bridgehead atoms. The minimum atomic E-state index is -0.452. The number of anilines is 1. The number of amides is 1. The third kappa shape index (κ3) is 6.17. The quantitative estimate of drug-likeness (QED) is 0.256. The number of hydrogen-bond donors (Lipinski definition) is 1. The van der Waals surface area contributed by atoms with E-state index < -0.39 is 12.1 Å². The Kier molecular flexibility index (Phi) is 9.21. The molecule has 1 aromatic carbocycles. The SMILES string of the molecule is CCc1c(C)sc(NC(=O)CSc2nnc(C(C)Oc3cc(C)ccc3Cl)n2CC)c1C(=O)OC. The van der Waals surface area contributed by atoms with Crippen molar-refractivity contribution in [3.05, 3.63) is 50.6 Å². The van der Waals surface area contributed by atoms with Crippen LogP contribution in [-0.2, 0) is 22.5 Å². The first kappa shape index (κ1) is 27.0. The summed E-state index contributed by atoms with van der Waals surface area (Å²) in [6.45, 7) is 10.3. The molecule has 0 saturated heterocycles. The fourth-order valence-electron chi connectivity index (χ4n) is 3.65. The lowest BCUT2D eigenvalue weighted by atomic mass is 10.1. The number of halogens is 1. The van der Waals surface area contributed by atoms with Gasteiger partial charge < -0.3 is 19.4 Å². The molecule has 0 aliphatic rings. The van der Waals surface area contributed by atoms with Crippen molar-refractivity contribution in [3.63, 3.8) is 0 Å². The molecule has 2 heterocycles. The smallest absolute Gasteiger partial charge is 0.341 e. The number of hydrogen-bond acceptors (Lipinski definition) is 8. The number of benzene rings is 1. The number of esters is 1. The van der Waals surface area contributed by atoms with Crippen molar-refractivity contribution in [2.75, 3.05) is 18.2 Å². The highest BCUT2D eigenvalue weighted by molar-refractivity contribution is 7.99. The van der Waals surface area contributed by atoms with Gasteiger partial charge in [-0.15, -0.1) is 21.5 Å². The average molecular weight is 537 g/mol. The van der Waals surface area contributed by atoms with Crippen LogP contribution < -0.4 is 10.1 Å². The molecule has 0 aliphatic carbocycles.